The van der Waals surface area contributed by atoms with Crippen LogP contribution in [0.3, 0.4) is 0 Å². The molecule has 1 fully saturated rings. The first-order valence-corrected chi connectivity index (χ1v) is 11.9. The first-order chi connectivity index (χ1) is 15.2. The summed E-state index contributed by atoms with van der Waals surface area (Å²) in [7, 11) is 0. The molecule has 1 aliphatic rings. The minimum atomic E-state index is -0.181. The molecular formula is C26H31BrN2O3. The van der Waals surface area contributed by atoms with Crippen LogP contribution in [0, 0.1) is 6.92 Å². The van der Waals surface area contributed by atoms with Crippen LogP contribution in [0.1, 0.15) is 54.1 Å². The highest BCUT2D eigenvalue weighted by atomic mass is 79.9. The fraction of sp³-hybridized carbons (Fsp3) is 0.423. The second-order valence-electron chi connectivity index (χ2n) is 9.44. The van der Waals surface area contributed by atoms with E-state index in [1.54, 1.807) is 0 Å². The van der Waals surface area contributed by atoms with Gasteiger partial charge in [0.05, 0.1) is 19.3 Å². The van der Waals surface area contributed by atoms with Gasteiger partial charge in [-0.1, -0.05) is 61.0 Å². The summed E-state index contributed by atoms with van der Waals surface area (Å²) >= 11 is 3.46. The second-order valence-corrected chi connectivity index (χ2v) is 10.4. The van der Waals surface area contributed by atoms with Crippen molar-refractivity contribution >= 4 is 32.8 Å². The van der Waals surface area contributed by atoms with Crippen molar-refractivity contribution in [1.82, 2.24) is 10.2 Å². The maximum Gasteiger partial charge on any atom is 0.287 e. The summed E-state index contributed by atoms with van der Waals surface area (Å²) in [6.07, 6.45) is 0. The third kappa shape index (κ3) is 4.92. The number of ether oxygens (including phenoxy) is 1. The average molecular weight is 499 g/mol. The van der Waals surface area contributed by atoms with Crippen molar-refractivity contribution in [3.05, 3.63) is 69.4 Å². The third-order valence-electron chi connectivity index (χ3n) is 6.21. The number of hydrogen-bond acceptors (Lipinski definition) is 4. The maximum atomic E-state index is 13.1. The SMILES string of the molecule is Cc1c(C(=O)NC[C@H](c2ccc(C(C)(C)C)cc2)N2CCOCC2)oc2cc(Br)ccc12. The number of aryl methyl sites for hydroxylation is 1. The Labute approximate surface area is 198 Å². The molecule has 1 aliphatic heterocycles. The Kier molecular flexibility index (Phi) is 6.75. The summed E-state index contributed by atoms with van der Waals surface area (Å²) < 4.78 is 12.4. The molecule has 2 aromatic carbocycles. The van der Waals surface area contributed by atoms with E-state index in [1.807, 2.05) is 25.1 Å². The van der Waals surface area contributed by atoms with Gasteiger partial charge in [0.2, 0.25) is 0 Å². The number of nitrogens with zero attached hydrogens (tertiary/aromatic N) is 1. The third-order valence-corrected chi connectivity index (χ3v) is 6.70. The van der Waals surface area contributed by atoms with Crippen LogP contribution in [-0.4, -0.2) is 43.7 Å². The molecule has 6 heteroatoms. The number of carbonyl (C=O) groups excluding carboxylic acids is 1. The Morgan fingerprint density at radius 2 is 1.81 bits per heavy atom. The van der Waals surface area contributed by atoms with Gasteiger partial charge in [0.1, 0.15) is 5.58 Å². The van der Waals surface area contributed by atoms with Crippen LogP contribution in [0.2, 0.25) is 0 Å². The number of carbonyl (C=O) groups is 1. The molecule has 2 heterocycles. The average Bonchev–Trinajstić information content (AvgIpc) is 3.10. The van der Waals surface area contributed by atoms with Crippen LogP contribution >= 0.6 is 15.9 Å². The van der Waals surface area contributed by atoms with Crippen LogP contribution in [0.5, 0.6) is 0 Å². The molecular weight excluding hydrogens is 468 g/mol. The molecule has 170 valence electrons. The van der Waals surface area contributed by atoms with Crippen molar-refractivity contribution in [1.29, 1.82) is 0 Å². The zero-order chi connectivity index (χ0) is 22.9. The predicted octanol–water partition coefficient (Wildman–Crippen LogP) is 5.60. The van der Waals surface area contributed by atoms with Crippen LogP contribution < -0.4 is 5.32 Å². The number of halogens is 1. The largest absolute Gasteiger partial charge is 0.451 e. The Morgan fingerprint density at radius 3 is 2.47 bits per heavy atom. The van der Waals surface area contributed by atoms with Crippen molar-refractivity contribution in [2.45, 2.75) is 39.2 Å². The molecule has 5 nitrogen and oxygen atoms in total. The summed E-state index contributed by atoms with van der Waals surface area (Å²) in [5.74, 6) is 0.196. The van der Waals surface area contributed by atoms with Crippen LogP contribution in [0.4, 0.5) is 0 Å². The quantitative estimate of drug-likeness (QED) is 0.496. The number of benzene rings is 2. The van der Waals surface area contributed by atoms with Gasteiger partial charge in [0.15, 0.2) is 5.76 Å². The molecule has 0 radical (unpaired) electrons. The summed E-state index contributed by atoms with van der Waals surface area (Å²) in [5, 5.41) is 4.09. The fourth-order valence-corrected chi connectivity index (χ4v) is 4.58. The van der Waals surface area contributed by atoms with Gasteiger partial charge in [0.25, 0.3) is 5.91 Å². The molecule has 0 spiro atoms. The monoisotopic (exact) mass is 498 g/mol. The highest BCUT2D eigenvalue weighted by molar-refractivity contribution is 9.10. The van der Waals surface area contributed by atoms with Crippen LogP contribution in [0.15, 0.2) is 51.4 Å². The van der Waals surface area contributed by atoms with Gasteiger partial charge >= 0.3 is 0 Å². The van der Waals surface area contributed by atoms with E-state index < -0.39 is 0 Å². The van der Waals surface area contributed by atoms with E-state index in [1.165, 1.54) is 11.1 Å². The van der Waals surface area contributed by atoms with E-state index in [0.29, 0.717) is 31.1 Å². The van der Waals surface area contributed by atoms with Crippen LogP contribution in [-0.2, 0) is 10.2 Å². The van der Waals surface area contributed by atoms with Crippen molar-refractivity contribution in [3.63, 3.8) is 0 Å². The van der Waals surface area contributed by atoms with Gasteiger partial charge in [-0.2, -0.15) is 0 Å². The van der Waals surface area contributed by atoms with Gasteiger partial charge in [0, 0.05) is 35.1 Å². The smallest absolute Gasteiger partial charge is 0.287 e. The normalized spacial score (nSPS) is 16.3. The second kappa shape index (κ2) is 9.38. The first-order valence-electron chi connectivity index (χ1n) is 11.1. The number of furan rings is 1. The molecule has 1 aromatic heterocycles. The van der Waals surface area contributed by atoms with Gasteiger partial charge in [-0.3, -0.25) is 9.69 Å². The summed E-state index contributed by atoms with van der Waals surface area (Å²) in [6.45, 7) is 12.2. The lowest BCUT2D eigenvalue weighted by molar-refractivity contribution is 0.0161. The number of fused-ring (bicyclic) bond motifs is 1. The summed E-state index contributed by atoms with van der Waals surface area (Å²) in [6, 6.07) is 14.7. The molecule has 1 amide bonds. The van der Waals surface area contributed by atoms with E-state index in [0.717, 1.165) is 28.5 Å². The highest BCUT2D eigenvalue weighted by Crippen LogP contribution is 2.29. The van der Waals surface area contributed by atoms with Crippen molar-refractivity contribution < 1.29 is 13.9 Å². The molecule has 1 N–H and O–H groups in total. The number of hydrogen-bond donors (Lipinski definition) is 1. The number of amides is 1. The van der Waals surface area contributed by atoms with Gasteiger partial charge in [-0.25, -0.2) is 0 Å². The molecule has 0 aliphatic carbocycles. The Bertz CT molecular complexity index is 1090. The number of nitrogens with one attached hydrogen (secondary N) is 1. The minimum absolute atomic E-state index is 0.0793. The van der Waals surface area contributed by atoms with E-state index in [4.69, 9.17) is 9.15 Å². The first kappa shape index (κ1) is 23.0. The molecule has 0 saturated carbocycles. The molecule has 0 unspecified atom stereocenters. The lowest BCUT2D eigenvalue weighted by Gasteiger charge is -2.35. The standard InChI is InChI=1S/C26H31BrN2O3/c1-17-21-10-9-20(27)15-23(21)32-24(17)25(30)28-16-22(29-11-13-31-14-12-29)18-5-7-19(8-6-18)26(2,3)4/h5-10,15,22H,11-14,16H2,1-4H3,(H,28,30)/t22-/m1/s1. The minimum Gasteiger partial charge on any atom is -0.451 e. The summed E-state index contributed by atoms with van der Waals surface area (Å²) in [4.78, 5) is 15.5. The van der Waals surface area contributed by atoms with Gasteiger partial charge in [-0.15, -0.1) is 0 Å². The number of morpholine rings is 1. The van der Waals surface area contributed by atoms with Crippen molar-refractivity contribution in [2.24, 2.45) is 0 Å². The summed E-state index contributed by atoms with van der Waals surface area (Å²) in [5.41, 5.74) is 4.18. The van der Waals surface area contributed by atoms with Crippen LogP contribution in [0.25, 0.3) is 11.0 Å². The lowest BCUT2D eigenvalue weighted by atomic mass is 9.86. The van der Waals surface area contributed by atoms with Gasteiger partial charge in [-0.05, 0) is 41.7 Å². The Balaban J connectivity index is 1.55. The molecule has 4 rings (SSSR count). The predicted molar refractivity (Wildman–Crippen MR) is 131 cm³/mol. The topological polar surface area (TPSA) is 54.7 Å². The molecule has 3 aromatic rings. The zero-order valence-corrected chi connectivity index (χ0v) is 20.8. The van der Waals surface area contributed by atoms with E-state index in [9.17, 15) is 4.79 Å². The molecule has 0 bridgehead atoms. The zero-order valence-electron chi connectivity index (χ0n) is 19.2. The van der Waals surface area contributed by atoms with E-state index in [2.05, 4.69) is 71.2 Å². The Hall–Kier alpha value is -2.15. The molecule has 32 heavy (non-hydrogen) atoms. The van der Waals surface area contributed by atoms with Crippen molar-refractivity contribution in [3.8, 4) is 0 Å². The van der Waals surface area contributed by atoms with E-state index in [-0.39, 0.29) is 17.4 Å². The molecule has 1 atom stereocenters. The van der Waals surface area contributed by atoms with Gasteiger partial charge < -0.3 is 14.5 Å². The fourth-order valence-electron chi connectivity index (χ4n) is 4.24. The Morgan fingerprint density at radius 1 is 1.12 bits per heavy atom. The number of rotatable bonds is 5. The van der Waals surface area contributed by atoms with E-state index >= 15 is 0 Å². The lowest BCUT2D eigenvalue weighted by Crippen LogP contribution is -2.43. The van der Waals surface area contributed by atoms with Crippen molar-refractivity contribution in [2.75, 3.05) is 32.8 Å². The highest BCUT2D eigenvalue weighted by Gasteiger charge is 2.25. The maximum absolute atomic E-state index is 13.1. The molecule has 1 saturated heterocycles.